The third-order valence-electron chi connectivity index (χ3n) is 4.21. The van der Waals surface area contributed by atoms with E-state index in [0.29, 0.717) is 28.4 Å². The van der Waals surface area contributed by atoms with Gasteiger partial charge in [0.05, 0.1) is 19.8 Å². The molecule has 146 valence electrons. The van der Waals surface area contributed by atoms with Crippen molar-refractivity contribution in [2.75, 3.05) is 14.2 Å². The number of ether oxygens (including phenoxy) is 3. The average Bonchev–Trinajstić information content (AvgIpc) is 2.78. The Kier molecular flexibility index (Phi) is 6.43. The van der Waals surface area contributed by atoms with E-state index in [1.165, 1.54) is 13.2 Å². The molecule has 5 nitrogen and oxygen atoms in total. The van der Waals surface area contributed by atoms with E-state index in [1.54, 1.807) is 61.7 Å². The summed E-state index contributed by atoms with van der Waals surface area (Å²) in [5.74, 6) is 0.947. The fraction of sp³-hybridized carbons (Fsp3) is 0.0833. The topological polar surface area (TPSA) is 61.8 Å². The largest absolute Gasteiger partial charge is 0.497 e. The zero-order chi connectivity index (χ0) is 20.6. The molecule has 0 radical (unpaired) electrons. The molecule has 0 N–H and O–H groups in total. The molecule has 0 heterocycles. The van der Waals surface area contributed by atoms with Crippen LogP contribution in [0.3, 0.4) is 0 Å². The zero-order valence-electron chi connectivity index (χ0n) is 16.1. The van der Waals surface area contributed by atoms with Crippen molar-refractivity contribution >= 4 is 17.8 Å². The van der Waals surface area contributed by atoms with Crippen molar-refractivity contribution in [2.24, 2.45) is 0 Å². The molecule has 3 aromatic rings. The van der Waals surface area contributed by atoms with E-state index in [9.17, 15) is 9.59 Å². The Bertz CT molecular complexity index is 1040. The van der Waals surface area contributed by atoms with Crippen molar-refractivity contribution in [3.8, 4) is 17.2 Å². The Morgan fingerprint density at radius 3 is 2.24 bits per heavy atom. The summed E-state index contributed by atoms with van der Waals surface area (Å²) in [6.07, 6.45) is 3.19. The van der Waals surface area contributed by atoms with E-state index in [2.05, 4.69) is 0 Å². The van der Waals surface area contributed by atoms with Crippen molar-refractivity contribution in [2.45, 2.75) is 0 Å². The number of benzene rings is 3. The van der Waals surface area contributed by atoms with Crippen LogP contribution in [0.1, 0.15) is 26.3 Å². The zero-order valence-corrected chi connectivity index (χ0v) is 16.1. The molecule has 29 heavy (non-hydrogen) atoms. The number of hydrogen-bond donors (Lipinski definition) is 0. The van der Waals surface area contributed by atoms with Gasteiger partial charge in [-0.15, -0.1) is 0 Å². The van der Waals surface area contributed by atoms with Gasteiger partial charge in [0.15, 0.2) is 5.78 Å². The van der Waals surface area contributed by atoms with E-state index in [4.69, 9.17) is 14.2 Å². The number of carbonyl (C=O) groups excluding carboxylic acids is 2. The Morgan fingerprint density at radius 2 is 1.52 bits per heavy atom. The smallest absolute Gasteiger partial charge is 0.343 e. The Hall–Kier alpha value is -3.86. The summed E-state index contributed by atoms with van der Waals surface area (Å²) in [5, 5.41) is 0. The first-order valence-corrected chi connectivity index (χ1v) is 8.92. The number of para-hydroxylation sites is 1. The number of hydrogen-bond acceptors (Lipinski definition) is 5. The van der Waals surface area contributed by atoms with Gasteiger partial charge < -0.3 is 14.2 Å². The summed E-state index contributed by atoms with van der Waals surface area (Å²) in [6.45, 7) is 0. The summed E-state index contributed by atoms with van der Waals surface area (Å²) in [5.41, 5.74) is 1.67. The molecule has 3 aromatic carbocycles. The lowest BCUT2D eigenvalue weighted by Gasteiger charge is -2.06. The van der Waals surface area contributed by atoms with Crippen molar-refractivity contribution in [3.05, 3.63) is 95.6 Å². The predicted molar refractivity (Wildman–Crippen MR) is 111 cm³/mol. The summed E-state index contributed by atoms with van der Waals surface area (Å²) in [7, 11) is 3.11. The summed E-state index contributed by atoms with van der Waals surface area (Å²) in [6, 6.07) is 20.5. The maximum atomic E-state index is 12.4. The quantitative estimate of drug-likeness (QED) is 0.251. The Balaban J connectivity index is 1.67. The second-order valence-corrected chi connectivity index (χ2v) is 6.09. The number of esters is 1. The van der Waals surface area contributed by atoms with Crippen LogP contribution in [-0.4, -0.2) is 26.0 Å². The van der Waals surface area contributed by atoms with Gasteiger partial charge >= 0.3 is 5.97 Å². The van der Waals surface area contributed by atoms with Crippen molar-refractivity contribution in [1.82, 2.24) is 0 Å². The molecule has 5 heteroatoms. The Labute approximate surface area is 169 Å². The molecule has 0 aromatic heterocycles. The van der Waals surface area contributed by atoms with Crippen molar-refractivity contribution in [3.63, 3.8) is 0 Å². The molecule has 0 unspecified atom stereocenters. The molecule has 0 fully saturated rings. The van der Waals surface area contributed by atoms with E-state index in [1.807, 2.05) is 24.3 Å². The first-order chi connectivity index (χ1) is 14.1. The van der Waals surface area contributed by atoms with Crippen molar-refractivity contribution < 1.29 is 23.8 Å². The van der Waals surface area contributed by atoms with Crippen LogP contribution >= 0.6 is 0 Å². The molecule has 0 spiro atoms. The highest BCUT2D eigenvalue weighted by Gasteiger charge is 2.10. The van der Waals surface area contributed by atoms with Gasteiger partial charge in [-0.1, -0.05) is 24.3 Å². The monoisotopic (exact) mass is 388 g/mol. The third kappa shape index (κ3) is 5.11. The number of allylic oxidation sites excluding steroid dienone is 1. The van der Waals surface area contributed by atoms with Gasteiger partial charge in [0.2, 0.25) is 0 Å². The summed E-state index contributed by atoms with van der Waals surface area (Å²) < 4.78 is 15.7. The van der Waals surface area contributed by atoms with Gasteiger partial charge in [0.1, 0.15) is 17.2 Å². The molecule has 0 saturated carbocycles. The number of methoxy groups -OCH3 is 2. The lowest BCUT2D eigenvalue weighted by atomic mass is 10.1. The maximum Gasteiger partial charge on any atom is 0.343 e. The Morgan fingerprint density at radius 1 is 0.759 bits per heavy atom. The first kappa shape index (κ1) is 19.9. The van der Waals surface area contributed by atoms with Gasteiger partial charge in [0, 0.05) is 11.1 Å². The third-order valence-corrected chi connectivity index (χ3v) is 4.21. The number of carbonyl (C=O) groups is 2. The minimum absolute atomic E-state index is 0.165. The maximum absolute atomic E-state index is 12.4. The van der Waals surface area contributed by atoms with Gasteiger partial charge in [-0.05, 0) is 60.7 Å². The van der Waals surface area contributed by atoms with Gasteiger partial charge in [-0.2, -0.15) is 0 Å². The minimum Gasteiger partial charge on any atom is -0.497 e. The molecule has 0 bridgehead atoms. The van der Waals surface area contributed by atoms with Crippen LogP contribution in [0.2, 0.25) is 0 Å². The molecule has 0 amide bonds. The van der Waals surface area contributed by atoms with Gasteiger partial charge in [-0.3, -0.25) is 4.79 Å². The van der Waals surface area contributed by atoms with Crippen LogP contribution in [0.5, 0.6) is 17.2 Å². The molecule has 0 saturated heterocycles. The second kappa shape index (κ2) is 9.37. The highest BCUT2D eigenvalue weighted by atomic mass is 16.5. The van der Waals surface area contributed by atoms with Crippen LogP contribution in [-0.2, 0) is 0 Å². The minimum atomic E-state index is -0.501. The van der Waals surface area contributed by atoms with Crippen LogP contribution in [0, 0.1) is 0 Å². The molecule has 0 aliphatic rings. The molecular formula is C24H20O5. The highest BCUT2D eigenvalue weighted by molar-refractivity contribution is 6.07. The van der Waals surface area contributed by atoms with Gasteiger partial charge in [-0.25, -0.2) is 4.79 Å². The normalized spacial score (nSPS) is 10.6. The first-order valence-electron chi connectivity index (χ1n) is 8.92. The van der Waals surface area contributed by atoms with E-state index < -0.39 is 5.97 Å². The standard InChI is InChI=1S/C24H20O5/c1-27-21-8-5-7-19(16-21)24(26)29-20-13-10-17(11-14-20)22(25)15-12-18-6-3-4-9-23(18)28-2/h3-16H,1-2H3. The lowest BCUT2D eigenvalue weighted by molar-refractivity contribution is 0.0734. The van der Waals surface area contributed by atoms with E-state index in [0.717, 1.165) is 5.56 Å². The summed E-state index contributed by atoms with van der Waals surface area (Å²) >= 11 is 0. The highest BCUT2D eigenvalue weighted by Crippen LogP contribution is 2.20. The summed E-state index contributed by atoms with van der Waals surface area (Å²) in [4.78, 5) is 24.6. The lowest BCUT2D eigenvalue weighted by Crippen LogP contribution is -2.08. The predicted octanol–water partition coefficient (Wildman–Crippen LogP) is 4.82. The van der Waals surface area contributed by atoms with Crippen LogP contribution in [0.4, 0.5) is 0 Å². The van der Waals surface area contributed by atoms with Crippen LogP contribution < -0.4 is 14.2 Å². The fourth-order valence-electron chi connectivity index (χ4n) is 2.67. The van der Waals surface area contributed by atoms with Crippen LogP contribution in [0.25, 0.3) is 6.08 Å². The van der Waals surface area contributed by atoms with Crippen LogP contribution in [0.15, 0.2) is 78.9 Å². The molecule has 0 aliphatic carbocycles. The SMILES string of the molecule is COc1cccc(C(=O)Oc2ccc(C(=O)C=Cc3ccccc3OC)cc2)c1. The molecule has 0 aliphatic heterocycles. The average molecular weight is 388 g/mol. The van der Waals surface area contributed by atoms with Crippen molar-refractivity contribution in [1.29, 1.82) is 0 Å². The fourth-order valence-corrected chi connectivity index (χ4v) is 2.67. The molecule has 0 atom stereocenters. The van der Waals surface area contributed by atoms with E-state index in [-0.39, 0.29) is 5.78 Å². The number of rotatable bonds is 7. The van der Waals surface area contributed by atoms with Gasteiger partial charge in [0.25, 0.3) is 0 Å². The molecular weight excluding hydrogens is 368 g/mol. The molecule has 3 rings (SSSR count). The second-order valence-electron chi connectivity index (χ2n) is 6.09. The number of ketones is 1. The van der Waals surface area contributed by atoms with E-state index >= 15 is 0 Å².